The molecule has 2 aromatic carbocycles. The van der Waals surface area contributed by atoms with Gasteiger partial charge in [-0.15, -0.1) is 5.10 Å². The predicted octanol–water partition coefficient (Wildman–Crippen LogP) is 2.68. The minimum absolute atomic E-state index is 0.172. The average Bonchev–Trinajstić information content (AvgIpc) is 3.40. The van der Waals surface area contributed by atoms with E-state index in [9.17, 15) is 0 Å². The smallest absolute Gasteiger partial charge is 0.173 e. The van der Waals surface area contributed by atoms with E-state index in [1.54, 1.807) is 28.4 Å². The first-order chi connectivity index (χ1) is 17.6. The quantitative estimate of drug-likeness (QED) is 0.398. The Bertz CT molecular complexity index is 1130. The third-order valence-electron chi connectivity index (χ3n) is 6.82. The monoisotopic (exact) mass is 496 g/mol. The molecule has 10 heteroatoms. The molecule has 0 saturated carbocycles. The highest BCUT2D eigenvalue weighted by Gasteiger charge is 2.32. The fourth-order valence-electron chi connectivity index (χ4n) is 4.73. The van der Waals surface area contributed by atoms with Crippen molar-refractivity contribution in [3.63, 3.8) is 0 Å². The number of methoxy groups -OCH3 is 4. The molecule has 0 aliphatic carbocycles. The van der Waals surface area contributed by atoms with Crippen molar-refractivity contribution in [3.8, 4) is 23.0 Å². The first-order valence-corrected chi connectivity index (χ1v) is 12.3. The van der Waals surface area contributed by atoms with Crippen LogP contribution in [0.5, 0.6) is 23.0 Å². The van der Waals surface area contributed by atoms with Crippen molar-refractivity contribution >= 4 is 0 Å². The Morgan fingerprint density at radius 1 is 0.833 bits per heavy atom. The maximum atomic E-state index is 5.78. The summed E-state index contributed by atoms with van der Waals surface area (Å²) in [6, 6.07) is 11.7. The third kappa shape index (κ3) is 5.55. The number of aromatic nitrogens is 4. The molecule has 4 rings (SSSR count). The lowest BCUT2D eigenvalue weighted by atomic mass is 10.0. The van der Waals surface area contributed by atoms with Gasteiger partial charge in [0, 0.05) is 38.3 Å². The summed E-state index contributed by atoms with van der Waals surface area (Å²) >= 11 is 0. The Kier molecular flexibility index (Phi) is 8.61. The van der Waals surface area contributed by atoms with E-state index < -0.39 is 0 Å². The first-order valence-electron chi connectivity index (χ1n) is 12.3. The third-order valence-corrected chi connectivity index (χ3v) is 6.82. The van der Waals surface area contributed by atoms with Crippen molar-refractivity contribution in [3.05, 3.63) is 53.3 Å². The van der Waals surface area contributed by atoms with E-state index in [0.29, 0.717) is 18.0 Å². The van der Waals surface area contributed by atoms with E-state index >= 15 is 0 Å². The van der Waals surface area contributed by atoms with Crippen LogP contribution in [0.25, 0.3) is 0 Å². The molecule has 0 radical (unpaired) electrons. The lowest BCUT2D eigenvalue weighted by Crippen LogP contribution is -2.48. The number of hydrogen-bond acceptors (Lipinski definition) is 9. The molecule has 10 nitrogen and oxygen atoms in total. The van der Waals surface area contributed by atoms with E-state index in [1.807, 2.05) is 41.1 Å². The van der Waals surface area contributed by atoms with Crippen molar-refractivity contribution < 1.29 is 18.9 Å². The lowest BCUT2D eigenvalue weighted by molar-refractivity contribution is 0.107. The van der Waals surface area contributed by atoms with E-state index in [-0.39, 0.29) is 6.04 Å². The molecule has 194 valence electrons. The standard InChI is InChI=1S/C26H36N6O4/c1-6-30-13-15-31(16-14-30)25(21-18-20(33-2)8-10-22(21)34-3)26-27-28-29-32(26)12-11-19-7-9-23(35-4)24(17-19)36-5/h7-10,17-18,25H,6,11-16H2,1-5H3/t25-/m1/s1. The molecule has 0 spiro atoms. The van der Waals surface area contributed by atoms with Crippen LogP contribution in [0.15, 0.2) is 36.4 Å². The van der Waals surface area contributed by atoms with Crippen LogP contribution in [0, 0.1) is 0 Å². The number of aryl methyl sites for hydroxylation is 2. The largest absolute Gasteiger partial charge is 0.497 e. The van der Waals surface area contributed by atoms with Crippen LogP contribution in [0.2, 0.25) is 0 Å². The fourth-order valence-corrected chi connectivity index (χ4v) is 4.73. The van der Waals surface area contributed by atoms with Crippen LogP contribution in [-0.4, -0.2) is 91.2 Å². The van der Waals surface area contributed by atoms with Gasteiger partial charge in [-0.3, -0.25) is 4.90 Å². The molecule has 1 saturated heterocycles. The molecule has 0 bridgehead atoms. The molecule has 1 atom stereocenters. The summed E-state index contributed by atoms with van der Waals surface area (Å²) in [6.45, 7) is 7.66. The second kappa shape index (κ2) is 12.0. The summed E-state index contributed by atoms with van der Waals surface area (Å²) in [5.41, 5.74) is 2.10. The van der Waals surface area contributed by atoms with Crippen molar-refractivity contribution in [1.29, 1.82) is 0 Å². The maximum absolute atomic E-state index is 5.78. The maximum Gasteiger partial charge on any atom is 0.173 e. The normalized spacial score (nSPS) is 15.5. The van der Waals surface area contributed by atoms with Crippen molar-refractivity contribution in [2.24, 2.45) is 0 Å². The molecule has 1 aliphatic heterocycles. The van der Waals surface area contributed by atoms with Crippen molar-refractivity contribution in [2.45, 2.75) is 25.9 Å². The van der Waals surface area contributed by atoms with Gasteiger partial charge in [0.05, 0.1) is 28.4 Å². The fraction of sp³-hybridized carbons (Fsp3) is 0.500. The average molecular weight is 497 g/mol. The first kappa shape index (κ1) is 25.7. The van der Waals surface area contributed by atoms with E-state index in [0.717, 1.165) is 67.6 Å². The highest BCUT2D eigenvalue weighted by molar-refractivity contribution is 5.45. The number of nitrogens with zero attached hydrogens (tertiary/aromatic N) is 6. The number of likely N-dealkylation sites (N-methyl/N-ethyl adjacent to an activating group) is 1. The second-order valence-corrected chi connectivity index (χ2v) is 8.68. The number of ether oxygens (including phenoxy) is 4. The van der Waals surface area contributed by atoms with E-state index in [1.165, 1.54) is 0 Å². The Balaban J connectivity index is 1.66. The van der Waals surface area contributed by atoms with Gasteiger partial charge in [0.25, 0.3) is 0 Å². The summed E-state index contributed by atoms with van der Waals surface area (Å²) < 4.78 is 24.1. The zero-order chi connectivity index (χ0) is 25.5. The van der Waals surface area contributed by atoms with Crippen LogP contribution in [0.4, 0.5) is 0 Å². The van der Waals surface area contributed by atoms with Gasteiger partial charge in [-0.1, -0.05) is 13.0 Å². The Hall–Kier alpha value is -3.37. The van der Waals surface area contributed by atoms with Gasteiger partial charge in [0.15, 0.2) is 17.3 Å². The summed E-state index contributed by atoms with van der Waals surface area (Å²) in [6.07, 6.45) is 0.740. The van der Waals surface area contributed by atoms with Gasteiger partial charge >= 0.3 is 0 Å². The number of hydrogen-bond donors (Lipinski definition) is 0. The van der Waals surface area contributed by atoms with Crippen molar-refractivity contribution in [2.75, 3.05) is 61.2 Å². The van der Waals surface area contributed by atoms with Crippen molar-refractivity contribution in [1.82, 2.24) is 30.0 Å². The number of benzene rings is 2. The van der Waals surface area contributed by atoms with Crippen LogP contribution in [0.3, 0.4) is 0 Å². The minimum Gasteiger partial charge on any atom is -0.497 e. The highest BCUT2D eigenvalue weighted by Crippen LogP contribution is 2.37. The number of tetrazole rings is 1. The Morgan fingerprint density at radius 3 is 2.22 bits per heavy atom. The Labute approximate surface area is 212 Å². The summed E-state index contributed by atoms with van der Waals surface area (Å²) in [7, 11) is 6.65. The van der Waals surface area contributed by atoms with Gasteiger partial charge < -0.3 is 23.8 Å². The molecule has 1 aliphatic rings. The van der Waals surface area contributed by atoms with Crippen LogP contribution in [-0.2, 0) is 13.0 Å². The second-order valence-electron chi connectivity index (χ2n) is 8.68. The highest BCUT2D eigenvalue weighted by atomic mass is 16.5. The van der Waals surface area contributed by atoms with E-state index in [2.05, 4.69) is 32.2 Å². The lowest BCUT2D eigenvalue weighted by Gasteiger charge is -2.38. The molecule has 0 unspecified atom stereocenters. The molecule has 2 heterocycles. The molecule has 0 N–H and O–H groups in total. The van der Waals surface area contributed by atoms with Crippen LogP contribution in [0.1, 0.15) is 29.9 Å². The number of piperazine rings is 1. The Morgan fingerprint density at radius 2 is 1.56 bits per heavy atom. The molecule has 36 heavy (non-hydrogen) atoms. The van der Waals surface area contributed by atoms with Crippen LogP contribution < -0.4 is 18.9 Å². The van der Waals surface area contributed by atoms with Gasteiger partial charge in [-0.05, 0) is 59.3 Å². The molecule has 1 aromatic heterocycles. The van der Waals surface area contributed by atoms with Gasteiger partial charge in [0.2, 0.25) is 0 Å². The summed E-state index contributed by atoms with van der Waals surface area (Å²) in [5, 5.41) is 13.0. The number of rotatable bonds is 11. The topological polar surface area (TPSA) is 87.0 Å². The van der Waals surface area contributed by atoms with E-state index in [4.69, 9.17) is 18.9 Å². The molecule has 3 aromatic rings. The molecule has 1 fully saturated rings. The summed E-state index contributed by atoms with van der Waals surface area (Å²) in [4.78, 5) is 4.89. The van der Waals surface area contributed by atoms with Crippen LogP contribution >= 0.6 is 0 Å². The molecular formula is C26H36N6O4. The molecular weight excluding hydrogens is 460 g/mol. The van der Waals surface area contributed by atoms with Gasteiger partial charge in [-0.25, -0.2) is 4.68 Å². The minimum atomic E-state index is -0.172. The summed E-state index contributed by atoms with van der Waals surface area (Å²) in [5.74, 6) is 3.76. The van der Waals surface area contributed by atoms with Gasteiger partial charge in [-0.2, -0.15) is 0 Å². The predicted molar refractivity (Wildman–Crippen MR) is 136 cm³/mol. The SMILES string of the molecule is CCN1CCN([C@H](c2cc(OC)ccc2OC)c2nnnn2CCc2ccc(OC)c(OC)c2)CC1. The molecule has 0 amide bonds. The zero-order valence-electron chi connectivity index (χ0n) is 21.8. The van der Waals surface area contributed by atoms with Gasteiger partial charge in [0.1, 0.15) is 17.5 Å². The zero-order valence-corrected chi connectivity index (χ0v) is 21.8.